The second-order valence-electron chi connectivity index (χ2n) is 7.49. The highest BCUT2D eigenvalue weighted by molar-refractivity contribution is 5.86. The number of fused-ring (bicyclic) bond motifs is 1. The molecule has 0 radical (unpaired) electrons. The third-order valence-electron chi connectivity index (χ3n) is 4.34. The predicted octanol–water partition coefficient (Wildman–Crippen LogP) is 1.32. The van der Waals surface area contributed by atoms with E-state index in [4.69, 9.17) is 9.72 Å². The molecule has 1 aliphatic rings. The van der Waals surface area contributed by atoms with Gasteiger partial charge in [-0.15, -0.1) is 0 Å². The van der Waals surface area contributed by atoms with Crippen molar-refractivity contribution in [3.63, 3.8) is 0 Å². The molecule has 1 saturated heterocycles. The first kappa shape index (κ1) is 17.6. The van der Waals surface area contributed by atoms with Crippen LogP contribution in [0, 0.1) is 0 Å². The van der Waals surface area contributed by atoms with E-state index < -0.39 is 0 Å². The van der Waals surface area contributed by atoms with Gasteiger partial charge in [0.1, 0.15) is 11.6 Å². The van der Waals surface area contributed by atoms with Gasteiger partial charge in [0.15, 0.2) is 5.65 Å². The number of carbonyl (C=O) groups is 1. The maximum atomic E-state index is 11.6. The molecule has 3 heterocycles. The topological polar surface area (TPSA) is 85.2 Å². The number of aryl methyl sites for hydroxylation is 1. The smallest absolute Gasteiger partial charge is 0.219 e. The minimum atomic E-state index is -0.165. The Balaban J connectivity index is 1.82. The zero-order valence-corrected chi connectivity index (χ0v) is 15.5. The molecular weight excluding hydrogens is 320 g/mol. The van der Waals surface area contributed by atoms with Crippen molar-refractivity contribution in [3.8, 4) is 0 Å². The highest BCUT2D eigenvalue weighted by Gasteiger charge is 2.24. The van der Waals surface area contributed by atoms with Crippen LogP contribution in [0.2, 0.25) is 0 Å². The summed E-state index contributed by atoms with van der Waals surface area (Å²) in [5, 5.41) is 8.56. The van der Waals surface area contributed by atoms with Crippen LogP contribution in [0.1, 0.15) is 33.5 Å². The van der Waals surface area contributed by atoms with Crippen LogP contribution in [-0.4, -0.2) is 62.9 Å². The number of nitrogens with zero attached hydrogens (tertiary/aromatic N) is 5. The molecule has 8 heteroatoms. The average molecular weight is 346 g/mol. The van der Waals surface area contributed by atoms with Crippen molar-refractivity contribution in [2.24, 2.45) is 7.05 Å². The van der Waals surface area contributed by atoms with E-state index in [-0.39, 0.29) is 17.4 Å². The third kappa shape index (κ3) is 3.73. The van der Waals surface area contributed by atoms with E-state index >= 15 is 0 Å². The van der Waals surface area contributed by atoms with Crippen LogP contribution in [0.3, 0.4) is 0 Å². The molecule has 1 aliphatic heterocycles. The molecule has 0 spiro atoms. The fourth-order valence-corrected chi connectivity index (χ4v) is 2.83. The van der Waals surface area contributed by atoms with E-state index in [0.29, 0.717) is 26.2 Å². The van der Waals surface area contributed by atoms with Crippen molar-refractivity contribution in [2.75, 3.05) is 31.6 Å². The minimum absolute atomic E-state index is 0.0579. The van der Waals surface area contributed by atoms with Crippen molar-refractivity contribution in [1.29, 1.82) is 0 Å². The lowest BCUT2D eigenvalue weighted by atomic mass is 9.95. The molecule has 2 aromatic rings. The first-order valence-corrected chi connectivity index (χ1v) is 8.57. The van der Waals surface area contributed by atoms with Crippen LogP contribution in [-0.2, 0) is 22.0 Å². The number of amides is 1. The first-order valence-electron chi connectivity index (χ1n) is 8.57. The predicted molar refractivity (Wildman–Crippen MR) is 95.5 cm³/mol. The standard InChI is InChI=1S/C17H26N6O2/c1-11(24)23-6-7-25-12(10-23)8-18-14-13-9-19-22(5)15(13)21-16(20-14)17(2,3)4/h9,12H,6-8,10H2,1-5H3,(H,18,20,21). The third-order valence-corrected chi connectivity index (χ3v) is 4.34. The van der Waals surface area contributed by atoms with Crippen molar-refractivity contribution < 1.29 is 9.53 Å². The number of aromatic nitrogens is 4. The summed E-state index contributed by atoms with van der Waals surface area (Å²) in [6.07, 6.45) is 1.71. The SMILES string of the molecule is CC(=O)N1CCOC(CNc2nc(C(C)(C)C)nc3c2cnn3C)C1. The van der Waals surface area contributed by atoms with E-state index in [9.17, 15) is 4.79 Å². The second kappa shape index (κ2) is 6.59. The van der Waals surface area contributed by atoms with E-state index in [2.05, 4.69) is 36.2 Å². The highest BCUT2D eigenvalue weighted by atomic mass is 16.5. The van der Waals surface area contributed by atoms with Gasteiger partial charge in [-0.05, 0) is 0 Å². The number of hydrogen-bond donors (Lipinski definition) is 1. The van der Waals surface area contributed by atoms with Gasteiger partial charge in [-0.1, -0.05) is 20.8 Å². The molecule has 1 amide bonds. The lowest BCUT2D eigenvalue weighted by Gasteiger charge is -2.32. The van der Waals surface area contributed by atoms with Gasteiger partial charge in [0.05, 0.1) is 24.3 Å². The van der Waals surface area contributed by atoms with Gasteiger partial charge in [0.2, 0.25) is 5.91 Å². The van der Waals surface area contributed by atoms with Crippen LogP contribution in [0.5, 0.6) is 0 Å². The number of carbonyl (C=O) groups excluding carboxylic acids is 1. The van der Waals surface area contributed by atoms with Crippen LogP contribution >= 0.6 is 0 Å². The number of anilines is 1. The van der Waals surface area contributed by atoms with Crippen LogP contribution in [0.25, 0.3) is 11.0 Å². The molecule has 25 heavy (non-hydrogen) atoms. The summed E-state index contributed by atoms with van der Waals surface area (Å²) < 4.78 is 7.53. The molecule has 1 atom stereocenters. The number of ether oxygens (including phenoxy) is 1. The van der Waals surface area contributed by atoms with Gasteiger partial charge in [-0.3, -0.25) is 9.48 Å². The monoisotopic (exact) mass is 346 g/mol. The molecule has 1 fully saturated rings. The molecule has 2 aromatic heterocycles. The molecule has 136 valence electrons. The Hall–Kier alpha value is -2.22. The maximum absolute atomic E-state index is 11.6. The summed E-state index contributed by atoms with van der Waals surface area (Å²) in [5.74, 6) is 1.60. The number of morpholine rings is 1. The number of hydrogen-bond acceptors (Lipinski definition) is 6. The van der Waals surface area contributed by atoms with Crippen molar-refractivity contribution >= 4 is 22.8 Å². The quantitative estimate of drug-likeness (QED) is 0.902. The van der Waals surface area contributed by atoms with Crippen LogP contribution in [0.4, 0.5) is 5.82 Å². The van der Waals surface area contributed by atoms with Crippen molar-refractivity contribution in [1.82, 2.24) is 24.6 Å². The molecule has 3 rings (SSSR count). The number of rotatable bonds is 3. The summed E-state index contributed by atoms with van der Waals surface area (Å²) >= 11 is 0. The summed E-state index contributed by atoms with van der Waals surface area (Å²) in [5.41, 5.74) is 0.638. The zero-order chi connectivity index (χ0) is 18.2. The molecule has 0 aliphatic carbocycles. The van der Waals surface area contributed by atoms with Gasteiger partial charge in [0.25, 0.3) is 0 Å². The Morgan fingerprint density at radius 2 is 2.16 bits per heavy atom. The Labute approximate surface area is 147 Å². The van der Waals surface area contributed by atoms with E-state index in [1.54, 1.807) is 17.8 Å². The number of nitrogens with one attached hydrogen (secondary N) is 1. The van der Waals surface area contributed by atoms with Crippen LogP contribution in [0.15, 0.2) is 6.20 Å². The van der Waals surface area contributed by atoms with E-state index in [1.807, 2.05) is 11.9 Å². The molecule has 0 saturated carbocycles. The Kier molecular flexibility index (Phi) is 4.64. The van der Waals surface area contributed by atoms with Gasteiger partial charge in [-0.2, -0.15) is 5.10 Å². The molecule has 0 aromatic carbocycles. The van der Waals surface area contributed by atoms with Gasteiger partial charge in [0, 0.05) is 39.0 Å². The van der Waals surface area contributed by atoms with E-state index in [0.717, 1.165) is 22.7 Å². The van der Waals surface area contributed by atoms with Crippen molar-refractivity contribution in [2.45, 2.75) is 39.2 Å². The molecule has 8 nitrogen and oxygen atoms in total. The largest absolute Gasteiger partial charge is 0.373 e. The van der Waals surface area contributed by atoms with Crippen LogP contribution < -0.4 is 5.32 Å². The minimum Gasteiger partial charge on any atom is -0.373 e. The first-order chi connectivity index (χ1) is 11.8. The highest BCUT2D eigenvalue weighted by Crippen LogP contribution is 2.25. The van der Waals surface area contributed by atoms with Gasteiger partial charge < -0.3 is 15.0 Å². The Morgan fingerprint density at radius 1 is 1.40 bits per heavy atom. The summed E-state index contributed by atoms with van der Waals surface area (Å²) in [6.45, 7) is 10.2. The molecule has 1 N–H and O–H groups in total. The molecular formula is C17H26N6O2. The van der Waals surface area contributed by atoms with E-state index in [1.165, 1.54) is 0 Å². The lowest BCUT2D eigenvalue weighted by Crippen LogP contribution is -2.47. The average Bonchev–Trinajstić information content (AvgIpc) is 2.93. The fourth-order valence-electron chi connectivity index (χ4n) is 2.83. The van der Waals surface area contributed by atoms with Crippen molar-refractivity contribution in [3.05, 3.63) is 12.0 Å². The molecule has 0 bridgehead atoms. The second-order valence-corrected chi connectivity index (χ2v) is 7.49. The van der Waals surface area contributed by atoms with Gasteiger partial charge in [-0.25, -0.2) is 9.97 Å². The zero-order valence-electron chi connectivity index (χ0n) is 15.5. The summed E-state index contributed by atoms with van der Waals surface area (Å²) in [7, 11) is 1.88. The Morgan fingerprint density at radius 3 is 2.84 bits per heavy atom. The summed E-state index contributed by atoms with van der Waals surface area (Å²) in [6, 6.07) is 0. The summed E-state index contributed by atoms with van der Waals surface area (Å²) in [4.78, 5) is 22.8. The fraction of sp³-hybridized carbons (Fsp3) is 0.647. The van der Waals surface area contributed by atoms with Gasteiger partial charge >= 0.3 is 0 Å². The normalized spacial score (nSPS) is 18.6. The lowest BCUT2D eigenvalue weighted by molar-refractivity contribution is -0.135. The maximum Gasteiger partial charge on any atom is 0.219 e. The Bertz CT molecular complexity index is 779. The molecule has 1 unspecified atom stereocenters.